The van der Waals surface area contributed by atoms with Crippen molar-refractivity contribution in [3.8, 4) is 0 Å². The lowest BCUT2D eigenvalue weighted by atomic mass is 10.0. The zero-order valence-electron chi connectivity index (χ0n) is 13.3. The molecule has 1 N–H and O–H groups in total. The molecule has 0 amide bonds. The monoisotopic (exact) mass is 396 g/mol. The molecule has 0 radical (unpaired) electrons. The van der Waals surface area contributed by atoms with Crippen molar-refractivity contribution in [2.24, 2.45) is 0 Å². The van der Waals surface area contributed by atoms with E-state index in [2.05, 4.69) is 4.98 Å². The number of nitrogens with one attached hydrogen (secondary N) is 1. The van der Waals surface area contributed by atoms with Crippen LogP contribution in [0.3, 0.4) is 0 Å². The summed E-state index contributed by atoms with van der Waals surface area (Å²) in [6, 6.07) is 1.23. The number of rotatable bonds is 3. The first-order valence-corrected chi connectivity index (χ1v) is 10.3. The van der Waals surface area contributed by atoms with Crippen molar-refractivity contribution in [3.05, 3.63) is 33.1 Å². The number of nitrogens with zero attached hydrogens (tertiary/aromatic N) is 1. The first-order chi connectivity index (χ1) is 11.1. The second-order valence-electron chi connectivity index (χ2n) is 6.12. The molecular weight excluding hydrogens is 379 g/mol. The van der Waals surface area contributed by atoms with E-state index in [9.17, 15) is 9.59 Å². The van der Waals surface area contributed by atoms with Crippen LogP contribution < -0.4 is 11.2 Å². The third-order valence-corrected chi connectivity index (χ3v) is 6.63. The highest BCUT2D eigenvalue weighted by atomic mass is 35.5. The van der Waals surface area contributed by atoms with Gasteiger partial charge >= 0.3 is 12.4 Å². The van der Waals surface area contributed by atoms with Crippen LogP contribution in [-0.2, 0) is 30.1 Å². The number of halogens is 1. The van der Waals surface area contributed by atoms with Crippen LogP contribution in [0.2, 0.25) is 0 Å². The lowest BCUT2D eigenvalue weighted by molar-refractivity contribution is -0.0651. The van der Waals surface area contributed by atoms with Gasteiger partial charge in [-0.1, -0.05) is 0 Å². The Hall–Kier alpha value is -0.540. The van der Waals surface area contributed by atoms with Crippen molar-refractivity contribution in [1.29, 1.82) is 0 Å². The molecule has 8 nitrogen and oxygen atoms in total. The predicted octanol–water partition coefficient (Wildman–Crippen LogP) is 1.50. The molecule has 3 rings (SSSR count). The van der Waals surface area contributed by atoms with E-state index < -0.39 is 41.3 Å². The van der Waals surface area contributed by atoms with Crippen molar-refractivity contribution in [1.82, 2.24) is 9.55 Å². The molecule has 1 aromatic heterocycles. The van der Waals surface area contributed by atoms with Crippen LogP contribution in [0.5, 0.6) is 0 Å². The molecule has 0 aromatic carbocycles. The highest BCUT2D eigenvalue weighted by Crippen LogP contribution is 2.60. The highest BCUT2D eigenvalue weighted by Gasteiger charge is 2.59. The van der Waals surface area contributed by atoms with Crippen molar-refractivity contribution >= 4 is 30.1 Å². The zero-order chi connectivity index (χ0) is 17.7. The van der Waals surface area contributed by atoms with Crippen molar-refractivity contribution < 1.29 is 18.3 Å². The van der Waals surface area contributed by atoms with Crippen molar-refractivity contribution in [2.75, 3.05) is 6.61 Å². The molecular formula is C13H18ClN2O6PS. The van der Waals surface area contributed by atoms with Gasteiger partial charge in [-0.05, 0) is 32.6 Å². The number of ether oxygens (including phenoxy) is 1. The second-order valence-corrected chi connectivity index (χ2v) is 9.85. The lowest BCUT2D eigenvalue weighted by Crippen LogP contribution is -2.45. The number of H-pyrrole nitrogens is 1. The van der Waals surface area contributed by atoms with Gasteiger partial charge in [-0.3, -0.25) is 14.3 Å². The van der Waals surface area contributed by atoms with E-state index in [1.54, 1.807) is 6.92 Å². The minimum atomic E-state index is -2.93. The molecule has 1 aromatic rings. The maximum atomic E-state index is 12.1. The summed E-state index contributed by atoms with van der Waals surface area (Å²) in [5.41, 5.74) is -1.11. The number of fused-ring (bicyclic) bond motifs is 1. The molecule has 0 aliphatic carbocycles. The second kappa shape index (κ2) is 6.32. The van der Waals surface area contributed by atoms with Crippen LogP contribution >= 0.6 is 18.3 Å². The molecule has 5 atom stereocenters. The minimum Gasteiger partial charge on any atom is -0.347 e. The Morgan fingerprint density at radius 1 is 1.54 bits per heavy atom. The van der Waals surface area contributed by atoms with Crippen LogP contribution in [0, 0.1) is 0 Å². The number of hydrogen-bond donors (Lipinski definition) is 1. The van der Waals surface area contributed by atoms with Gasteiger partial charge in [0.15, 0.2) is 6.23 Å². The molecule has 3 heterocycles. The number of alkyl halides is 1. The van der Waals surface area contributed by atoms with E-state index >= 15 is 0 Å². The van der Waals surface area contributed by atoms with Crippen LogP contribution in [0.25, 0.3) is 0 Å². The minimum absolute atomic E-state index is 0.158. The zero-order valence-corrected chi connectivity index (χ0v) is 15.8. The Bertz CT molecular complexity index is 793. The fourth-order valence-corrected chi connectivity index (χ4v) is 5.80. The molecule has 2 saturated heterocycles. The Kier molecular flexibility index (Phi) is 4.81. The summed E-state index contributed by atoms with van der Waals surface area (Å²) in [7, 11) is 0. The molecule has 2 fully saturated rings. The van der Waals surface area contributed by atoms with Crippen LogP contribution in [0.15, 0.2) is 21.9 Å². The Morgan fingerprint density at radius 3 is 2.88 bits per heavy atom. The average Bonchev–Trinajstić information content (AvgIpc) is 2.69. The molecule has 24 heavy (non-hydrogen) atoms. The normalized spacial score (nSPS) is 39.1. The van der Waals surface area contributed by atoms with E-state index in [0.717, 1.165) is 0 Å². The molecule has 0 spiro atoms. The van der Waals surface area contributed by atoms with Gasteiger partial charge in [0.1, 0.15) is 17.1 Å². The fourth-order valence-electron chi connectivity index (χ4n) is 2.77. The molecule has 0 saturated carbocycles. The predicted molar refractivity (Wildman–Crippen MR) is 90.8 cm³/mol. The third-order valence-electron chi connectivity index (χ3n) is 3.76. The van der Waals surface area contributed by atoms with Gasteiger partial charge in [0.2, 0.25) is 0 Å². The van der Waals surface area contributed by atoms with Crippen molar-refractivity contribution in [3.63, 3.8) is 0 Å². The molecule has 11 heteroatoms. The van der Waals surface area contributed by atoms with E-state index in [1.165, 1.54) is 16.8 Å². The van der Waals surface area contributed by atoms with E-state index in [1.807, 2.05) is 13.8 Å². The summed E-state index contributed by atoms with van der Waals surface area (Å²) in [5.74, 6) is 0. The first-order valence-electron chi connectivity index (χ1n) is 7.39. The van der Waals surface area contributed by atoms with E-state index in [0.29, 0.717) is 0 Å². The van der Waals surface area contributed by atoms with E-state index in [-0.39, 0.29) is 12.7 Å². The van der Waals surface area contributed by atoms with Gasteiger partial charge in [0, 0.05) is 12.3 Å². The lowest BCUT2D eigenvalue weighted by Gasteiger charge is -2.37. The molecule has 0 bridgehead atoms. The Balaban J connectivity index is 1.91. The number of hydrogen-bond acceptors (Lipinski definition) is 7. The fraction of sp³-hybridized carbons (Fsp3) is 0.692. The summed E-state index contributed by atoms with van der Waals surface area (Å²) < 4.78 is 24.1. The molecule has 2 aliphatic heterocycles. The van der Waals surface area contributed by atoms with Gasteiger partial charge in [-0.25, -0.2) is 4.79 Å². The molecule has 2 aliphatic rings. The Morgan fingerprint density at radius 2 is 2.25 bits per heavy atom. The number of aromatic amines is 1. The maximum absolute atomic E-state index is 12.1. The van der Waals surface area contributed by atoms with Gasteiger partial charge in [-0.2, -0.15) is 0 Å². The Labute approximate surface area is 148 Å². The molecule has 134 valence electrons. The SMILES string of the molecule is CC(C)OP1(=S)OC[C@H]2O[C@@H](n3ccc(=O)[nH]c3=O)[C@](C)(Cl)[C@@H]2O1. The van der Waals surface area contributed by atoms with Gasteiger partial charge in [-0.15, -0.1) is 11.6 Å². The number of aromatic nitrogens is 2. The van der Waals surface area contributed by atoms with Gasteiger partial charge in [0.05, 0.1) is 12.7 Å². The standard InChI is InChI=1S/C13H18ClN2O6PS/c1-7(2)21-23(24)19-6-8-10(22-23)13(3,14)11(20-8)16-5-4-9(17)15-12(16)18/h4-5,7-8,10-11H,6H2,1-3H3,(H,15,17,18)/t8-,10-,11-,13-,23?/m1/s1. The van der Waals surface area contributed by atoms with Crippen LogP contribution in [0.4, 0.5) is 0 Å². The largest absolute Gasteiger partial charge is 0.347 e. The quantitative estimate of drug-likeness (QED) is 0.611. The maximum Gasteiger partial charge on any atom is 0.330 e. The van der Waals surface area contributed by atoms with Gasteiger partial charge in [0.25, 0.3) is 5.56 Å². The smallest absolute Gasteiger partial charge is 0.330 e. The third kappa shape index (κ3) is 3.26. The summed E-state index contributed by atoms with van der Waals surface area (Å²) in [6.07, 6.45) is -0.771. The topological polar surface area (TPSA) is 91.8 Å². The average molecular weight is 397 g/mol. The molecule has 1 unspecified atom stereocenters. The summed E-state index contributed by atoms with van der Waals surface area (Å²) in [6.45, 7) is 2.59. The van der Waals surface area contributed by atoms with E-state index in [4.69, 9.17) is 41.7 Å². The van der Waals surface area contributed by atoms with Crippen molar-refractivity contribution in [2.45, 2.75) is 50.2 Å². The highest BCUT2D eigenvalue weighted by molar-refractivity contribution is 8.07. The summed E-state index contributed by atoms with van der Waals surface area (Å²) in [5, 5.41) is 0. The van der Waals surface area contributed by atoms with Gasteiger partial charge < -0.3 is 18.3 Å². The first kappa shape index (κ1) is 18.3. The summed E-state index contributed by atoms with van der Waals surface area (Å²) in [4.78, 5) is 24.4. The van der Waals surface area contributed by atoms with Crippen LogP contribution in [-0.4, -0.2) is 39.3 Å². The van der Waals surface area contributed by atoms with Crippen LogP contribution in [0.1, 0.15) is 27.0 Å². The summed E-state index contributed by atoms with van der Waals surface area (Å²) >= 11 is 12.0.